The van der Waals surface area contributed by atoms with Crippen molar-refractivity contribution < 1.29 is 19.1 Å². The SMILES string of the molecule is COCCNC(=O)CN1CCN(C(=O)C2=NN(c3ccccc3)C(C(C)=O)C2)CC1. The van der Waals surface area contributed by atoms with Crippen molar-refractivity contribution in [2.45, 2.75) is 19.4 Å². The van der Waals surface area contributed by atoms with E-state index in [1.165, 1.54) is 6.92 Å². The first-order valence-electron chi connectivity index (χ1n) is 10.2. The van der Waals surface area contributed by atoms with Gasteiger partial charge in [0.2, 0.25) is 5.91 Å². The summed E-state index contributed by atoms with van der Waals surface area (Å²) in [5.41, 5.74) is 1.20. The molecule has 30 heavy (non-hydrogen) atoms. The molecular weight excluding hydrogens is 386 g/mol. The molecule has 1 aromatic rings. The van der Waals surface area contributed by atoms with E-state index in [-0.39, 0.29) is 17.6 Å². The Morgan fingerprint density at radius 1 is 1.13 bits per heavy atom. The fraction of sp³-hybridized carbons (Fsp3) is 0.524. The molecule has 9 heteroatoms. The van der Waals surface area contributed by atoms with E-state index in [1.807, 2.05) is 35.2 Å². The molecule has 3 rings (SSSR count). The first-order chi connectivity index (χ1) is 14.5. The van der Waals surface area contributed by atoms with Crippen LogP contribution in [-0.2, 0) is 19.1 Å². The van der Waals surface area contributed by atoms with E-state index in [0.717, 1.165) is 5.69 Å². The van der Waals surface area contributed by atoms with Crippen LogP contribution in [-0.4, -0.2) is 92.1 Å². The first-order valence-corrected chi connectivity index (χ1v) is 10.2. The summed E-state index contributed by atoms with van der Waals surface area (Å²) in [4.78, 5) is 40.8. The second-order valence-electron chi connectivity index (χ2n) is 7.47. The van der Waals surface area contributed by atoms with Crippen LogP contribution in [0.5, 0.6) is 0 Å². The van der Waals surface area contributed by atoms with Crippen molar-refractivity contribution in [3.8, 4) is 0 Å². The summed E-state index contributed by atoms with van der Waals surface area (Å²) in [5.74, 6) is -0.201. The number of methoxy groups -OCH3 is 1. The standard InChI is InChI=1S/C21H29N5O4/c1-16(27)19-14-18(23-26(19)17-6-4-3-5-7-17)21(29)25-11-9-24(10-12-25)15-20(28)22-8-13-30-2/h3-7,19H,8-15H2,1-2H3,(H,22,28). The van der Waals surface area contributed by atoms with Gasteiger partial charge in [0.15, 0.2) is 5.78 Å². The molecule has 2 amide bonds. The summed E-state index contributed by atoms with van der Waals surface area (Å²) in [5, 5.41) is 8.95. The number of carbonyl (C=O) groups is 3. The number of nitrogens with zero attached hydrogens (tertiary/aromatic N) is 4. The Hall–Kier alpha value is -2.78. The molecule has 1 N–H and O–H groups in total. The van der Waals surface area contributed by atoms with Crippen LogP contribution in [0.15, 0.2) is 35.4 Å². The fourth-order valence-electron chi connectivity index (χ4n) is 3.62. The Balaban J connectivity index is 1.56. The van der Waals surface area contributed by atoms with Crippen molar-refractivity contribution in [2.75, 3.05) is 58.0 Å². The second-order valence-corrected chi connectivity index (χ2v) is 7.47. The second kappa shape index (κ2) is 10.3. The minimum atomic E-state index is -0.455. The fourth-order valence-corrected chi connectivity index (χ4v) is 3.62. The van der Waals surface area contributed by atoms with E-state index in [4.69, 9.17) is 4.74 Å². The number of ether oxygens (including phenoxy) is 1. The molecule has 0 aromatic heterocycles. The number of hydrogen-bond donors (Lipinski definition) is 1. The molecule has 1 fully saturated rings. The molecular formula is C21H29N5O4. The highest BCUT2D eigenvalue weighted by atomic mass is 16.5. The van der Waals surface area contributed by atoms with E-state index < -0.39 is 6.04 Å². The summed E-state index contributed by atoms with van der Waals surface area (Å²) in [6.45, 7) is 5.10. The van der Waals surface area contributed by atoms with Gasteiger partial charge in [-0.05, 0) is 19.1 Å². The highest BCUT2D eigenvalue weighted by Gasteiger charge is 2.36. The van der Waals surface area contributed by atoms with Crippen molar-refractivity contribution in [1.82, 2.24) is 15.1 Å². The minimum Gasteiger partial charge on any atom is -0.383 e. The van der Waals surface area contributed by atoms with Gasteiger partial charge in [-0.3, -0.25) is 24.3 Å². The molecule has 1 saturated heterocycles. The third-order valence-electron chi connectivity index (χ3n) is 5.30. The number of carbonyl (C=O) groups excluding carboxylic acids is 3. The molecule has 2 heterocycles. The molecule has 1 unspecified atom stereocenters. The number of benzene rings is 1. The quantitative estimate of drug-likeness (QED) is 0.606. The topological polar surface area (TPSA) is 94.6 Å². The molecule has 162 valence electrons. The van der Waals surface area contributed by atoms with Gasteiger partial charge >= 0.3 is 0 Å². The predicted octanol–water partition coefficient (Wildman–Crippen LogP) is 0.117. The average Bonchev–Trinajstić information content (AvgIpc) is 3.20. The van der Waals surface area contributed by atoms with Crippen LogP contribution in [0.25, 0.3) is 0 Å². The van der Waals surface area contributed by atoms with E-state index in [1.54, 1.807) is 17.0 Å². The van der Waals surface area contributed by atoms with Crippen LogP contribution in [0.2, 0.25) is 0 Å². The highest BCUT2D eigenvalue weighted by Crippen LogP contribution is 2.25. The third kappa shape index (κ3) is 5.43. The number of nitrogens with one attached hydrogen (secondary N) is 1. The molecule has 2 aliphatic heterocycles. The maximum Gasteiger partial charge on any atom is 0.270 e. The highest BCUT2D eigenvalue weighted by molar-refractivity contribution is 6.40. The van der Waals surface area contributed by atoms with Crippen LogP contribution in [0, 0.1) is 0 Å². The lowest BCUT2D eigenvalue weighted by Crippen LogP contribution is -2.52. The number of piperazine rings is 1. The van der Waals surface area contributed by atoms with Gasteiger partial charge in [-0.25, -0.2) is 0 Å². The van der Waals surface area contributed by atoms with E-state index in [9.17, 15) is 14.4 Å². The molecule has 0 aliphatic carbocycles. The smallest absolute Gasteiger partial charge is 0.270 e. The van der Waals surface area contributed by atoms with Gasteiger partial charge in [0.25, 0.3) is 5.91 Å². The molecule has 0 saturated carbocycles. The average molecular weight is 415 g/mol. The minimum absolute atomic E-state index is 0.0188. The summed E-state index contributed by atoms with van der Waals surface area (Å²) >= 11 is 0. The van der Waals surface area contributed by atoms with Gasteiger partial charge < -0.3 is 15.0 Å². The normalized spacial score (nSPS) is 19.5. The van der Waals surface area contributed by atoms with Crippen molar-refractivity contribution >= 4 is 29.0 Å². The van der Waals surface area contributed by atoms with Crippen LogP contribution in [0.4, 0.5) is 5.69 Å². The van der Waals surface area contributed by atoms with Crippen molar-refractivity contribution in [3.63, 3.8) is 0 Å². The van der Waals surface area contributed by atoms with Gasteiger partial charge in [-0.1, -0.05) is 18.2 Å². The molecule has 0 bridgehead atoms. The summed E-state index contributed by atoms with van der Waals surface area (Å²) in [6, 6.07) is 8.96. The summed E-state index contributed by atoms with van der Waals surface area (Å²) in [6.07, 6.45) is 0.311. The number of amides is 2. The van der Waals surface area contributed by atoms with Gasteiger partial charge in [-0.2, -0.15) is 5.10 Å². The van der Waals surface area contributed by atoms with Crippen LogP contribution < -0.4 is 10.3 Å². The molecule has 2 aliphatic rings. The van der Waals surface area contributed by atoms with E-state index in [0.29, 0.717) is 58.0 Å². The first kappa shape index (κ1) is 21.9. The zero-order valence-corrected chi connectivity index (χ0v) is 17.5. The molecule has 1 atom stereocenters. The monoisotopic (exact) mass is 415 g/mol. The van der Waals surface area contributed by atoms with Gasteiger partial charge in [0.05, 0.1) is 18.8 Å². The predicted molar refractivity (Wildman–Crippen MR) is 113 cm³/mol. The summed E-state index contributed by atoms with van der Waals surface area (Å²) < 4.78 is 4.92. The Kier molecular flexibility index (Phi) is 7.53. The number of rotatable bonds is 8. The van der Waals surface area contributed by atoms with E-state index >= 15 is 0 Å². The summed E-state index contributed by atoms with van der Waals surface area (Å²) in [7, 11) is 1.59. The number of Topliss-reactive ketones (excluding diaryl/α,β-unsaturated/α-hetero) is 1. The van der Waals surface area contributed by atoms with Crippen LogP contribution >= 0.6 is 0 Å². The zero-order valence-electron chi connectivity index (χ0n) is 17.5. The third-order valence-corrected chi connectivity index (χ3v) is 5.30. The molecule has 1 aromatic carbocycles. The maximum absolute atomic E-state index is 13.0. The number of anilines is 1. The Morgan fingerprint density at radius 2 is 1.83 bits per heavy atom. The van der Waals surface area contributed by atoms with Gasteiger partial charge in [-0.15, -0.1) is 0 Å². The number of ketones is 1. The van der Waals surface area contributed by atoms with Crippen LogP contribution in [0.1, 0.15) is 13.3 Å². The van der Waals surface area contributed by atoms with Crippen molar-refractivity contribution in [2.24, 2.45) is 5.10 Å². The van der Waals surface area contributed by atoms with Crippen molar-refractivity contribution in [1.29, 1.82) is 0 Å². The Morgan fingerprint density at radius 3 is 2.47 bits per heavy atom. The van der Waals surface area contributed by atoms with Crippen LogP contribution in [0.3, 0.4) is 0 Å². The number of hydrogen-bond acceptors (Lipinski definition) is 7. The molecule has 9 nitrogen and oxygen atoms in total. The maximum atomic E-state index is 13.0. The zero-order chi connectivity index (χ0) is 21.5. The largest absolute Gasteiger partial charge is 0.383 e. The molecule has 0 spiro atoms. The Labute approximate surface area is 176 Å². The molecule has 0 radical (unpaired) electrons. The van der Waals surface area contributed by atoms with Crippen molar-refractivity contribution in [3.05, 3.63) is 30.3 Å². The lowest BCUT2D eigenvalue weighted by atomic mass is 10.1. The number of hydrazone groups is 1. The lowest BCUT2D eigenvalue weighted by molar-refractivity contribution is -0.126. The van der Waals surface area contributed by atoms with Gasteiger partial charge in [0, 0.05) is 46.3 Å². The lowest BCUT2D eigenvalue weighted by Gasteiger charge is -2.34. The van der Waals surface area contributed by atoms with E-state index in [2.05, 4.69) is 10.4 Å². The Bertz CT molecular complexity index is 790. The van der Waals surface area contributed by atoms with Gasteiger partial charge in [0.1, 0.15) is 11.8 Å². The number of para-hydroxylation sites is 1.